The van der Waals surface area contributed by atoms with E-state index >= 15 is 0 Å². The maximum Gasteiger partial charge on any atom is 0.335 e. The lowest BCUT2D eigenvalue weighted by Gasteiger charge is -2.34. The van der Waals surface area contributed by atoms with Crippen LogP contribution in [-0.2, 0) is 16.1 Å². The van der Waals surface area contributed by atoms with Crippen LogP contribution < -0.4 is 5.32 Å². The van der Waals surface area contributed by atoms with E-state index in [1.165, 1.54) is 0 Å². The number of hydrogen-bond acceptors (Lipinski definition) is 6. The number of carboxylic acid groups (broad SMARTS) is 1. The minimum Gasteiger partial charge on any atom is -0.478 e. The fraction of sp³-hybridized carbons (Fsp3) is 0.625. The highest BCUT2D eigenvalue weighted by atomic mass is 16.4. The Morgan fingerprint density at radius 2 is 1.79 bits per heavy atom. The number of carbonyl (C=O) groups excluding carboxylic acids is 2. The number of nitrogens with one attached hydrogen (secondary N) is 1. The molecule has 3 saturated heterocycles. The van der Waals surface area contributed by atoms with Crippen LogP contribution in [0.25, 0.3) is 0 Å². The number of amides is 2. The molecule has 3 aliphatic heterocycles. The summed E-state index contributed by atoms with van der Waals surface area (Å²) in [7, 11) is 2.05. The lowest BCUT2D eigenvalue weighted by molar-refractivity contribution is -0.133. The third-order valence-corrected chi connectivity index (χ3v) is 7.44. The topological polar surface area (TPSA) is 113 Å². The Kier molecular flexibility index (Phi) is 7.31. The van der Waals surface area contributed by atoms with Gasteiger partial charge in [-0.05, 0) is 50.4 Å². The van der Waals surface area contributed by atoms with Crippen LogP contribution in [0, 0.1) is 0 Å². The number of fused-ring (bicyclic) bond motifs is 1. The standard InChI is InChI=1S/C24H34N4O5/c1-26-18(6-7-21(30)27-11-8-19(29)9-12-27)14-25-23(31)22-20(26)10-13-28(22)15-16-2-4-17(5-3-16)24(32)33/h2-5,18-20,22,29H,6-15H2,1H3,(H,25,31)(H,32,33). The zero-order chi connectivity index (χ0) is 23.5. The maximum atomic E-state index is 13.0. The van der Waals surface area contributed by atoms with Crippen molar-refractivity contribution in [2.24, 2.45) is 0 Å². The molecular formula is C24H34N4O5. The third-order valence-electron chi connectivity index (χ3n) is 7.44. The van der Waals surface area contributed by atoms with Gasteiger partial charge in [0.05, 0.1) is 11.7 Å². The first-order valence-corrected chi connectivity index (χ1v) is 11.8. The summed E-state index contributed by atoms with van der Waals surface area (Å²) in [5.74, 6) is -0.805. The Morgan fingerprint density at radius 3 is 2.45 bits per heavy atom. The van der Waals surface area contributed by atoms with Crippen molar-refractivity contribution in [1.82, 2.24) is 20.0 Å². The molecule has 9 heteroatoms. The molecule has 4 rings (SSSR count). The summed E-state index contributed by atoms with van der Waals surface area (Å²) < 4.78 is 0. The maximum absolute atomic E-state index is 13.0. The first-order chi connectivity index (χ1) is 15.8. The SMILES string of the molecule is CN1C(CCC(=O)N2CCC(O)CC2)CNC(=O)C2C1CCN2Cc1ccc(C(=O)O)cc1. The van der Waals surface area contributed by atoms with Crippen LogP contribution in [0.15, 0.2) is 24.3 Å². The fourth-order valence-electron chi connectivity index (χ4n) is 5.38. The lowest BCUT2D eigenvalue weighted by atomic mass is 10.0. The number of likely N-dealkylation sites (tertiary alicyclic amines) is 2. The van der Waals surface area contributed by atoms with E-state index in [-0.39, 0.29) is 41.6 Å². The van der Waals surface area contributed by atoms with Crippen LogP contribution >= 0.6 is 0 Å². The second-order valence-electron chi connectivity index (χ2n) is 9.49. The van der Waals surface area contributed by atoms with Crippen molar-refractivity contribution in [1.29, 1.82) is 0 Å². The number of aliphatic hydroxyl groups is 1. The third kappa shape index (κ3) is 5.37. The van der Waals surface area contributed by atoms with Crippen LogP contribution in [-0.4, -0.2) is 100 Å². The van der Waals surface area contributed by atoms with Crippen LogP contribution in [0.1, 0.15) is 48.0 Å². The first-order valence-electron chi connectivity index (χ1n) is 11.8. The van der Waals surface area contributed by atoms with E-state index in [0.717, 1.165) is 18.5 Å². The predicted molar refractivity (Wildman–Crippen MR) is 122 cm³/mol. The molecule has 3 N–H and O–H groups in total. The molecule has 0 aliphatic carbocycles. The normalized spacial score (nSPS) is 27.2. The summed E-state index contributed by atoms with van der Waals surface area (Å²) >= 11 is 0. The van der Waals surface area contributed by atoms with Gasteiger partial charge in [-0.1, -0.05) is 12.1 Å². The number of carbonyl (C=O) groups is 3. The second kappa shape index (κ2) is 10.2. The average Bonchev–Trinajstić information content (AvgIpc) is 3.17. The van der Waals surface area contributed by atoms with Crippen LogP contribution in [0.5, 0.6) is 0 Å². The van der Waals surface area contributed by atoms with Gasteiger partial charge in [-0.2, -0.15) is 0 Å². The number of benzene rings is 1. The molecule has 180 valence electrons. The quantitative estimate of drug-likeness (QED) is 0.570. The Labute approximate surface area is 194 Å². The summed E-state index contributed by atoms with van der Waals surface area (Å²) in [5, 5.41) is 21.8. The number of aromatic carboxylic acids is 1. The monoisotopic (exact) mass is 458 g/mol. The van der Waals surface area contributed by atoms with E-state index < -0.39 is 5.97 Å². The number of rotatable bonds is 6. The minimum atomic E-state index is -0.949. The van der Waals surface area contributed by atoms with E-state index in [1.54, 1.807) is 12.1 Å². The van der Waals surface area contributed by atoms with Gasteiger partial charge >= 0.3 is 5.97 Å². The molecule has 1 aromatic carbocycles. The number of nitrogens with zero attached hydrogens (tertiary/aromatic N) is 3. The van der Waals surface area contributed by atoms with Gasteiger partial charge in [0.2, 0.25) is 11.8 Å². The van der Waals surface area contributed by atoms with Gasteiger partial charge < -0.3 is 20.4 Å². The molecule has 0 spiro atoms. The highest BCUT2D eigenvalue weighted by Crippen LogP contribution is 2.29. The van der Waals surface area contributed by atoms with Crippen molar-refractivity contribution in [3.63, 3.8) is 0 Å². The second-order valence-corrected chi connectivity index (χ2v) is 9.49. The fourth-order valence-corrected chi connectivity index (χ4v) is 5.38. The summed E-state index contributed by atoms with van der Waals surface area (Å²) in [4.78, 5) is 43.0. The molecule has 2 amide bonds. The number of carboxylic acids is 1. The van der Waals surface area contributed by atoms with Crippen molar-refractivity contribution >= 4 is 17.8 Å². The van der Waals surface area contributed by atoms with Gasteiger partial charge in [-0.25, -0.2) is 4.79 Å². The van der Waals surface area contributed by atoms with E-state index in [1.807, 2.05) is 17.0 Å². The molecule has 3 heterocycles. The highest BCUT2D eigenvalue weighted by Gasteiger charge is 2.45. The number of hydrogen-bond donors (Lipinski definition) is 3. The van der Waals surface area contributed by atoms with E-state index in [0.29, 0.717) is 51.9 Å². The zero-order valence-corrected chi connectivity index (χ0v) is 19.2. The Morgan fingerprint density at radius 1 is 1.09 bits per heavy atom. The number of aliphatic hydroxyl groups excluding tert-OH is 1. The van der Waals surface area contributed by atoms with Gasteiger partial charge in [-0.15, -0.1) is 0 Å². The smallest absolute Gasteiger partial charge is 0.335 e. The van der Waals surface area contributed by atoms with Crippen LogP contribution in [0.4, 0.5) is 0 Å². The van der Waals surface area contributed by atoms with Gasteiger partial charge in [0.15, 0.2) is 0 Å². The summed E-state index contributed by atoms with van der Waals surface area (Å²) in [6.45, 7) is 3.13. The van der Waals surface area contributed by atoms with Crippen molar-refractivity contribution in [2.45, 2.75) is 62.9 Å². The van der Waals surface area contributed by atoms with Gasteiger partial charge in [0, 0.05) is 51.2 Å². The molecule has 0 radical (unpaired) electrons. The average molecular weight is 459 g/mol. The van der Waals surface area contributed by atoms with Gasteiger partial charge in [-0.3, -0.25) is 19.4 Å². The number of piperidine rings is 1. The summed E-state index contributed by atoms with van der Waals surface area (Å²) in [5.41, 5.74) is 1.23. The van der Waals surface area contributed by atoms with Crippen LogP contribution in [0.2, 0.25) is 0 Å². The molecule has 3 fully saturated rings. The van der Waals surface area contributed by atoms with Crippen molar-refractivity contribution in [2.75, 3.05) is 33.2 Å². The first kappa shape index (κ1) is 23.7. The molecule has 0 bridgehead atoms. The van der Waals surface area contributed by atoms with Gasteiger partial charge in [0.25, 0.3) is 0 Å². The predicted octanol–water partition coefficient (Wildman–Crippen LogP) is 0.521. The van der Waals surface area contributed by atoms with Crippen molar-refractivity contribution in [3.8, 4) is 0 Å². The van der Waals surface area contributed by atoms with Gasteiger partial charge in [0.1, 0.15) is 6.04 Å². The molecule has 3 atom stereocenters. The zero-order valence-electron chi connectivity index (χ0n) is 19.2. The highest BCUT2D eigenvalue weighted by molar-refractivity contribution is 5.87. The molecule has 1 aromatic rings. The summed E-state index contributed by atoms with van der Waals surface area (Å²) in [6.07, 6.45) is 2.99. The number of likely N-dealkylation sites (N-methyl/N-ethyl adjacent to an activating group) is 1. The molecule has 3 aliphatic rings. The van der Waals surface area contributed by atoms with E-state index in [2.05, 4.69) is 22.2 Å². The van der Waals surface area contributed by atoms with Crippen LogP contribution in [0.3, 0.4) is 0 Å². The van der Waals surface area contributed by atoms with E-state index in [9.17, 15) is 19.5 Å². The van der Waals surface area contributed by atoms with E-state index in [4.69, 9.17) is 5.11 Å². The molecule has 0 aromatic heterocycles. The van der Waals surface area contributed by atoms with Crippen molar-refractivity contribution < 1.29 is 24.6 Å². The molecule has 33 heavy (non-hydrogen) atoms. The molecule has 9 nitrogen and oxygen atoms in total. The largest absolute Gasteiger partial charge is 0.478 e. The van der Waals surface area contributed by atoms with Crippen molar-refractivity contribution in [3.05, 3.63) is 35.4 Å². The molecule has 0 saturated carbocycles. The lowest BCUT2D eigenvalue weighted by Crippen LogP contribution is -2.49. The molecule has 3 unspecified atom stereocenters. The molecular weight excluding hydrogens is 424 g/mol. The Hall–Kier alpha value is -2.49. The summed E-state index contributed by atoms with van der Waals surface area (Å²) in [6, 6.07) is 6.72. The Bertz CT molecular complexity index is 868. The Balaban J connectivity index is 1.36. The minimum absolute atomic E-state index is 0.0188.